The standard InChI is InChI=1S/C16H13N3O3S/c20-19(21)16-14(7-4-8-17-16)22-10-13-11-23-15(18-13)9-12-5-2-1-3-6-12/h1-8,11H,9-10H2. The molecule has 7 heteroatoms. The van der Waals surface area contributed by atoms with Crippen molar-refractivity contribution in [2.75, 3.05) is 0 Å². The molecule has 3 aromatic rings. The summed E-state index contributed by atoms with van der Waals surface area (Å²) >= 11 is 1.55. The maximum Gasteiger partial charge on any atom is 0.406 e. The monoisotopic (exact) mass is 327 g/mol. The summed E-state index contributed by atoms with van der Waals surface area (Å²) < 4.78 is 5.49. The lowest BCUT2D eigenvalue weighted by Crippen LogP contribution is -2.01. The van der Waals surface area contributed by atoms with Gasteiger partial charge in [-0.25, -0.2) is 4.98 Å². The van der Waals surface area contributed by atoms with E-state index in [1.807, 2.05) is 23.6 Å². The molecule has 6 nitrogen and oxygen atoms in total. The van der Waals surface area contributed by atoms with Gasteiger partial charge >= 0.3 is 5.82 Å². The molecule has 0 saturated carbocycles. The van der Waals surface area contributed by atoms with Gasteiger partial charge in [-0.1, -0.05) is 30.3 Å². The lowest BCUT2D eigenvalue weighted by molar-refractivity contribution is -0.390. The van der Waals surface area contributed by atoms with Crippen LogP contribution in [0, 0.1) is 10.1 Å². The average molecular weight is 327 g/mol. The number of hydrogen-bond donors (Lipinski definition) is 0. The number of nitrogens with zero attached hydrogens (tertiary/aromatic N) is 3. The first kappa shape index (κ1) is 15.1. The zero-order valence-corrected chi connectivity index (χ0v) is 12.9. The van der Waals surface area contributed by atoms with E-state index in [9.17, 15) is 10.1 Å². The number of nitro groups is 1. The minimum Gasteiger partial charge on any atom is -0.479 e. The molecule has 116 valence electrons. The highest BCUT2D eigenvalue weighted by Crippen LogP contribution is 2.24. The Hall–Kier alpha value is -2.80. The van der Waals surface area contributed by atoms with Crippen LogP contribution in [0.1, 0.15) is 16.3 Å². The predicted octanol–water partition coefficient (Wildman–Crippen LogP) is 3.62. The second-order valence-electron chi connectivity index (χ2n) is 4.77. The van der Waals surface area contributed by atoms with E-state index in [0.29, 0.717) is 0 Å². The first-order valence-electron chi connectivity index (χ1n) is 6.92. The number of aromatic nitrogens is 2. The fraction of sp³-hybridized carbons (Fsp3) is 0.125. The zero-order valence-electron chi connectivity index (χ0n) is 12.1. The van der Waals surface area contributed by atoms with Gasteiger partial charge < -0.3 is 14.9 Å². The van der Waals surface area contributed by atoms with Gasteiger partial charge in [-0.15, -0.1) is 11.3 Å². The maximum atomic E-state index is 10.9. The summed E-state index contributed by atoms with van der Waals surface area (Å²) in [6, 6.07) is 13.2. The molecule has 0 aliphatic rings. The molecule has 2 heterocycles. The summed E-state index contributed by atoms with van der Waals surface area (Å²) in [5, 5.41) is 13.8. The van der Waals surface area contributed by atoms with E-state index >= 15 is 0 Å². The van der Waals surface area contributed by atoms with Crippen molar-refractivity contribution in [2.45, 2.75) is 13.0 Å². The number of hydrogen-bond acceptors (Lipinski definition) is 6. The summed E-state index contributed by atoms with van der Waals surface area (Å²) in [6.45, 7) is 0.178. The summed E-state index contributed by atoms with van der Waals surface area (Å²) in [5.74, 6) is -0.137. The molecule has 0 atom stereocenters. The van der Waals surface area contributed by atoms with Crippen LogP contribution in [-0.2, 0) is 13.0 Å². The van der Waals surface area contributed by atoms with Gasteiger partial charge in [0, 0.05) is 11.8 Å². The van der Waals surface area contributed by atoms with Gasteiger partial charge in [0.25, 0.3) is 0 Å². The topological polar surface area (TPSA) is 78.2 Å². The van der Waals surface area contributed by atoms with E-state index in [1.165, 1.54) is 17.8 Å². The van der Waals surface area contributed by atoms with Crippen molar-refractivity contribution in [3.8, 4) is 5.75 Å². The average Bonchev–Trinajstić information content (AvgIpc) is 3.01. The smallest absolute Gasteiger partial charge is 0.406 e. The molecule has 0 N–H and O–H groups in total. The molecule has 0 radical (unpaired) electrons. The molecule has 1 aromatic carbocycles. The summed E-state index contributed by atoms with van der Waals surface area (Å²) in [6.07, 6.45) is 2.13. The number of ether oxygens (including phenoxy) is 1. The van der Waals surface area contributed by atoms with Gasteiger partial charge in [-0.3, -0.25) is 0 Å². The lowest BCUT2D eigenvalue weighted by atomic mass is 10.2. The largest absolute Gasteiger partial charge is 0.479 e. The zero-order chi connectivity index (χ0) is 16.1. The fourth-order valence-electron chi connectivity index (χ4n) is 2.05. The highest BCUT2D eigenvalue weighted by atomic mass is 32.1. The van der Waals surface area contributed by atoms with Gasteiger partial charge in [0.15, 0.2) is 0 Å². The second kappa shape index (κ2) is 6.97. The van der Waals surface area contributed by atoms with Crippen LogP contribution in [0.2, 0.25) is 0 Å². The second-order valence-corrected chi connectivity index (χ2v) is 5.71. The molecule has 0 saturated heterocycles. The first-order chi connectivity index (χ1) is 11.2. The summed E-state index contributed by atoms with van der Waals surface area (Å²) in [5.41, 5.74) is 1.94. The van der Waals surface area contributed by atoms with E-state index in [2.05, 4.69) is 22.1 Å². The van der Waals surface area contributed by atoms with Gasteiger partial charge in [0.05, 0.1) is 10.7 Å². The number of rotatable bonds is 6. The van der Waals surface area contributed by atoms with E-state index in [0.717, 1.165) is 17.1 Å². The predicted molar refractivity (Wildman–Crippen MR) is 86.6 cm³/mol. The normalized spacial score (nSPS) is 10.4. The van der Waals surface area contributed by atoms with Crippen molar-refractivity contribution < 1.29 is 9.66 Å². The van der Waals surface area contributed by atoms with Crippen molar-refractivity contribution in [3.05, 3.63) is 80.4 Å². The third kappa shape index (κ3) is 3.89. The molecule has 0 aliphatic heterocycles. The molecule has 0 spiro atoms. The van der Waals surface area contributed by atoms with E-state index in [1.54, 1.807) is 17.4 Å². The minimum atomic E-state index is -0.558. The number of pyridine rings is 1. The van der Waals surface area contributed by atoms with Crippen LogP contribution < -0.4 is 4.74 Å². The van der Waals surface area contributed by atoms with E-state index < -0.39 is 4.92 Å². The van der Waals surface area contributed by atoms with Gasteiger partial charge in [0.2, 0.25) is 5.75 Å². The SMILES string of the molecule is O=[N+]([O-])c1ncccc1OCc1csc(Cc2ccccc2)n1. The molecule has 2 aromatic heterocycles. The fourth-order valence-corrected chi connectivity index (χ4v) is 2.86. The molecule has 0 amide bonds. The Labute approximate surface area is 136 Å². The molecular weight excluding hydrogens is 314 g/mol. The molecule has 23 heavy (non-hydrogen) atoms. The number of thiazole rings is 1. The van der Waals surface area contributed by atoms with Crippen molar-refractivity contribution in [3.63, 3.8) is 0 Å². The van der Waals surface area contributed by atoms with E-state index in [-0.39, 0.29) is 18.2 Å². The summed E-state index contributed by atoms with van der Waals surface area (Å²) in [4.78, 5) is 18.5. The molecule has 0 unspecified atom stereocenters. The molecule has 0 aliphatic carbocycles. The van der Waals surface area contributed by atoms with Crippen LogP contribution in [0.5, 0.6) is 5.75 Å². The number of benzene rings is 1. The highest BCUT2D eigenvalue weighted by molar-refractivity contribution is 7.09. The van der Waals surface area contributed by atoms with Crippen LogP contribution in [0.25, 0.3) is 0 Å². The Morgan fingerprint density at radius 3 is 2.78 bits per heavy atom. The Kier molecular flexibility index (Phi) is 4.58. The van der Waals surface area contributed by atoms with Crippen LogP contribution in [0.4, 0.5) is 5.82 Å². The van der Waals surface area contributed by atoms with Gasteiger partial charge in [0.1, 0.15) is 12.8 Å². The van der Waals surface area contributed by atoms with Crippen molar-refractivity contribution in [2.24, 2.45) is 0 Å². The Morgan fingerprint density at radius 2 is 2.00 bits per heavy atom. The van der Waals surface area contributed by atoms with Crippen LogP contribution in [-0.4, -0.2) is 14.9 Å². The van der Waals surface area contributed by atoms with Gasteiger partial charge in [-0.05, 0) is 27.6 Å². The molecule has 0 bridgehead atoms. The minimum absolute atomic E-state index is 0.148. The summed E-state index contributed by atoms with van der Waals surface area (Å²) in [7, 11) is 0. The van der Waals surface area contributed by atoms with Crippen LogP contribution in [0.15, 0.2) is 54.0 Å². The Balaban J connectivity index is 1.65. The third-order valence-electron chi connectivity index (χ3n) is 3.10. The van der Waals surface area contributed by atoms with Gasteiger partial charge in [-0.2, -0.15) is 0 Å². The Bertz CT molecular complexity index is 805. The van der Waals surface area contributed by atoms with Crippen LogP contribution >= 0.6 is 11.3 Å². The third-order valence-corrected chi connectivity index (χ3v) is 3.99. The van der Waals surface area contributed by atoms with Crippen molar-refractivity contribution >= 4 is 17.2 Å². The molecule has 3 rings (SSSR count). The van der Waals surface area contributed by atoms with Crippen molar-refractivity contribution in [1.82, 2.24) is 9.97 Å². The lowest BCUT2D eigenvalue weighted by Gasteiger charge is -2.03. The van der Waals surface area contributed by atoms with Crippen molar-refractivity contribution in [1.29, 1.82) is 0 Å². The van der Waals surface area contributed by atoms with Crippen LogP contribution in [0.3, 0.4) is 0 Å². The first-order valence-corrected chi connectivity index (χ1v) is 7.80. The molecule has 0 fully saturated rings. The quantitative estimate of drug-likeness (QED) is 0.510. The highest BCUT2D eigenvalue weighted by Gasteiger charge is 2.16. The maximum absolute atomic E-state index is 10.9. The Morgan fingerprint density at radius 1 is 1.17 bits per heavy atom. The molecular formula is C16H13N3O3S. The van der Waals surface area contributed by atoms with E-state index in [4.69, 9.17) is 4.74 Å².